The topological polar surface area (TPSA) is 69.4 Å². The van der Waals surface area contributed by atoms with Crippen molar-refractivity contribution in [3.63, 3.8) is 0 Å². The van der Waals surface area contributed by atoms with Crippen LogP contribution >= 0.6 is 11.3 Å². The highest BCUT2D eigenvalue weighted by molar-refractivity contribution is 7.17. The van der Waals surface area contributed by atoms with Crippen molar-refractivity contribution >= 4 is 22.3 Å². The summed E-state index contributed by atoms with van der Waals surface area (Å²) in [5.41, 5.74) is -0.526. The molecule has 2 aliphatic carbocycles. The van der Waals surface area contributed by atoms with Gasteiger partial charge in [0.25, 0.3) is 0 Å². The van der Waals surface area contributed by atoms with Crippen molar-refractivity contribution < 1.29 is 9.53 Å². The van der Waals surface area contributed by atoms with Gasteiger partial charge in [-0.3, -0.25) is 4.79 Å². The van der Waals surface area contributed by atoms with Gasteiger partial charge in [-0.05, 0) is 32.6 Å². The SMILES string of the molecule is CCOC(=O)C1(c2nn3c(C4CC4)nnc3s2)CCC1. The summed E-state index contributed by atoms with van der Waals surface area (Å²) in [7, 11) is 0. The molecule has 2 saturated carbocycles. The fourth-order valence-corrected chi connectivity index (χ4v) is 3.81. The van der Waals surface area contributed by atoms with Crippen LogP contribution in [0.25, 0.3) is 4.96 Å². The van der Waals surface area contributed by atoms with Gasteiger partial charge in [0.05, 0.1) is 6.61 Å². The lowest BCUT2D eigenvalue weighted by Crippen LogP contribution is -2.43. The molecule has 7 heteroatoms. The number of hydrogen-bond acceptors (Lipinski definition) is 6. The summed E-state index contributed by atoms with van der Waals surface area (Å²) in [4.78, 5) is 13.1. The number of nitrogens with zero attached hydrogens (tertiary/aromatic N) is 4. The van der Waals surface area contributed by atoms with Crippen LogP contribution in [0.1, 0.15) is 55.8 Å². The van der Waals surface area contributed by atoms with Gasteiger partial charge < -0.3 is 4.74 Å². The first kappa shape index (κ1) is 12.3. The first-order valence-electron chi connectivity index (χ1n) is 7.14. The van der Waals surface area contributed by atoms with Gasteiger partial charge in [-0.15, -0.1) is 10.2 Å². The molecule has 0 spiro atoms. The number of hydrogen-bond donors (Lipinski definition) is 0. The number of esters is 1. The summed E-state index contributed by atoms with van der Waals surface area (Å²) in [6, 6.07) is 0. The summed E-state index contributed by atoms with van der Waals surface area (Å²) in [5.74, 6) is 1.31. The summed E-state index contributed by atoms with van der Waals surface area (Å²) < 4.78 is 7.08. The predicted molar refractivity (Wildman–Crippen MR) is 72.8 cm³/mol. The zero-order valence-corrected chi connectivity index (χ0v) is 12.2. The van der Waals surface area contributed by atoms with Crippen LogP contribution in [-0.2, 0) is 14.9 Å². The summed E-state index contributed by atoms with van der Waals surface area (Å²) in [5, 5.41) is 13.9. The summed E-state index contributed by atoms with van der Waals surface area (Å²) in [6.07, 6.45) is 5.03. The third kappa shape index (κ3) is 1.62. The number of fused-ring (bicyclic) bond motifs is 1. The van der Waals surface area contributed by atoms with Gasteiger partial charge >= 0.3 is 5.97 Å². The van der Waals surface area contributed by atoms with Crippen LogP contribution in [-0.4, -0.2) is 32.4 Å². The van der Waals surface area contributed by atoms with Crippen LogP contribution in [0.5, 0.6) is 0 Å². The highest BCUT2D eigenvalue weighted by atomic mass is 32.1. The Morgan fingerprint density at radius 3 is 2.85 bits per heavy atom. The maximum atomic E-state index is 12.3. The van der Waals surface area contributed by atoms with Gasteiger partial charge in [-0.2, -0.15) is 9.61 Å². The van der Waals surface area contributed by atoms with Crippen molar-refractivity contribution in [3.8, 4) is 0 Å². The van der Waals surface area contributed by atoms with E-state index in [0.717, 1.165) is 47.9 Å². The van der Waals surface area contributed by atoms with E-state index in [-0.39, 0.29) is 5.97 Å². The van der Waals surface area contributed by atoms with Crippen LogP contribution < -0.4 is 0 Å². The highest BCUT2D eigenvalue weighted by Crippen LogP contribution is 2.47. The molecule has 0 amide bonds. The monoisotopic (exact) mass is 292 g/mol. The molecule has 2 aromatic rings. The quantitative estimate of drug-likeness (QED) is 0.807. The standard InChI is InChI=1S/C13H16N4O2S/c1-2-19-11(18)13(6-3-7-13)10-16-17-9(8-4-5-8)14-15-12(17)20-10/h8H,2-7H2,1H3. The van der Waals surface area contributed by atoms with Crippen molar-refractivity contribution in [2.75, 3.05) is 6.61 Å². The average Bonchev–Trinajstić information content (AvgIpc) is 2.99. The molecule has 106 valence electrons. The Hall–Kier alpha value is -1.50. The molecular formula is C13H16N4O2S. The van der Waals surface area contributed by atoms with E-state index < -0.39 is 5.41 Å². The molecule has 2 aliphatic rings. The summed E-state index contributed by atoms with van der Waals surface area (Å²) >= 11 is 1.48. The fraction of sp³-hybridized carbons (Fsp3) is 0.692. The van der Waals surface area contributed by atoms with Gasteiger partial charge in [0.2, 0.25) is 4.96 Å². The van der Waals surface area contributed by atoms with Crippen molar-refractivity contribution in [1.82, 2.24) is 19.8 Å². The van der Waals surface area contributed by atoms with Crippen molar-refractivity contribution in [2.45, 2.75) is 50.4 Å². The van der Waals surface area contributed by atoms with Gasteiger partial charge in [0, 0.05) is 5.92 Å². The molecule has 20 heavy (non-hydrogen) atoms. The van der Waals surface area contributed by atoms with Crippen molar-refractivity contribution in [1.29, 1.82) is 0 Å². The minimum Gasteiger partial charge on any atom is -0.465 e. The molecule has 0 bridgehead atoms. The number of rotatable bonds is 4. The third-order valence-corrected chi connectivity index (χ3v) is 5.34. The second-order valence-corrected chi connectivity index (χ2v) is 6.55. The minimum atomic E-state index is -0.526. The maximum Gasteiger partial charge on any atom is 0.319 e. The van der Waals surface area contributed by atoms with Gasteiger partial charge in [-0.1, -0.05) is 17.8 Å². The number of carbonyl (C=O) groups excluding carboxylic acids is 1. The Kier molecular flexibility index (Phi) is 2.60. The molecular weight excluding hydrogens is 276 g/mol. The van der Waals surface area contributed by atoms with Crippen LogP contribution in [0.15, 0.2) is 0 Å². The van der Waals surface area contributed by atoms with E-state index >= 15 is 0 Å². The Balaban J connectivity index is 1.75. The molecule has 0 atom stereocenters. The highest BCUT2D eigenvalue weighted by Gasteiger charge is 2.50. The number of carbonyl (C=O) groups is 1. The fourth-order valence-electron chi connectivity index (χ4n) is 2.73. The molecule has 0 aliphatic heterocycles. The molecule has 4 rings (SSSR count). The lowest BCUT2D eigenvalue weighted by atomic mass is 9.69. The van der Waals surface area contributed by atoms with E-state index in [1.807, 2.05) is 11.4 Å². The van der Waals surface area contributed by atoms with Crippen LogP contribution in [0.3, 0.4) is 0 Å². The van der Waals surface area contributed by atoms with Crippen LogP contribution in [0.4, 0.5) is 0 Å². The van der Waals surface area contributed by atoms with Crippen molar-refractivity contribution in [3.05, 3.63) is 10.8 Å². The van der Waals surface area contributed by atoms with E-state index in [1.165, 1.54) is 11.3 Å². The molecule has 2 heterocycles. The normalized spacial score (nSPS) is 20.9. The molecule has 2 aromatic heterocycles. The van der Waals surface area contributed by atoms with E-state index in [2.05, 4.69) is 15.3 Å². The van der Waals surface area contributed by atoms with Gasteiger partial charge in [0.15, 0.2) is 5.82 Å². The Morgan fingerprint density at radius 2 is 2.25 bits per heavy atom. The zero-order chi connectivity index (χ0) is 13.7. The van der Waals surface area contributed by atoms with Gasteiger partial charge in [0.1, 0.15) is 10.4 Å². The second-order valence-electron chi connectivity index (χ2n) is 5.59. The average molecular weight is 292 g/mol. The Labute approximate surface area is 120 Å². The van der Waals surface area contributed by atoms with Gasteiger partial charge in [-0.25, -0.2) is 0 Å². The maximum absolute atomic E-state index is 12.3. The Bertz CT molecular complexity index is 669. The molecule has 0 aromatic carbocycles. The molecule has 2 fully saturated rings. The molecule has 0 radical (unpaired) electrons. The first-order valence-corrected chi connectivity index (χ1v) is 7.96. The molecule has 0 unspecified atom stereocenters. The largest absolute Gasteiger partial charge is 0.465 e. The lowest BCUT2D eigenvalue weighted by Gasteiger charge is -2.36. The van der Waals surface area contributed by atoms with E-state index in [4.69, 9.17) is 4.74 Å². The molecule has 0 saturated heterocycles. The first-order chi connectivity index (χ1) is 9.74. The number of ether oxygens (including phenoxy) is 1. The summed E-state index contributed by atoms with van der Waals surface area (Å²) in [6.45, 7) is 2.26. The predicted octanol–water partition coefficient (Wildman–Crippen LogP) is 2.05. The molecule has 6 nitrogen and oxygen atoms in total. The molecule has 0 N–H and O–H groups in total. The Morgan fingerprint density at radius 1 is 1.45 bits per heavy atom. The number of aromatic nitrogens is 4. The third-order valence-electron chi connectivity index (χ3n) is 4.24. The van der Waals surface area contributed by atoms with E-state index in [0.29, 0.717) is 12.5 Å². The van der Waals surface area contributed by atoms with Crippen LogP contribution in [0, 0.1) is 0 Å². The minimum absolute atomic E-state index is 0.135. The van der Waals surface area contributed by atoms with Crippen molar-refractivity contribution in [2.24, 2.45) is 0 Å². The lowest BCUT2D eigenvalue weighted by molar-refractivity contribution is -0.153. The van der Waals surface area contributed by atoms with Crippen LogP contribution in [0.2, 0.25) is 0 Å². The zero-order valence-electron chi connectivity index (χ0n) is 11.3. The smallest absolute Gasteiger partial charge is 0.319 e. The van der Waals surface area contributed by atoms with E-state index in [9.17, 15) is 4.79 Å². The second kappa shape index (κ2) is 4.25. The van der Waals surface area contributed by atoms with E-state index in [1.54, 1.807) is 0 Å².